The zero-order valence-electron chi connectivity index (χ0n) is 10.2. The van der Waals surface area contributed by atoms with Crippen molar-refractivity contribution in [2.24, 2.45) is 0 Å². The highest BCUT2D eigenvalue weighted by molar-refractivity contribution is 6.17. The van der Waals surface area contributed by atoms with Crippen molar-refractivity contribution in [3.05, 3.63) is 29.3 Å². The van der Waals surface area contributed by atoms with Crippen LogP contribution in [-0.2, 0) is 0 Å². The largest absolute Gasteiger partial charge is 0.494 e. The molecule has 0 aliphatic rings. The lowest BCUT2D eigenvalue weighted by molar-refractivity contribution is 0.337. The van der Waals surface area contributed by atoms with Gasteiger partial charge in [-0.1, -0.05) is 12.1 Å². The summed E-state index contributed by atoms with van der Waals surface area (Å²) < 4.78 is 5.52. The van der Waals surface area contributed by atoms with Crippen LogP contribution in [0.25, 0.3) is 0 Å². The van der Waals surface area contributed by atoms with E-state index >= 15 is 0 Å². The molecule has 1 aromatic rings. The maximum absolute atomic E-state index is 5.78. The van der Waals surface area contributed by atoms with Crippen LogP contribution in [0.15, 0.2) is 18.2 Å². The quantitative estimate of drug-likeness (QED) is 0.772. The second-order valence-electron chi connectivity index (χ2n) is 3.78. The summed E-state index contributed by atoms with van der Waals surface area (Å²) in [4.78, 5) is 0. The number of halogens is 1. The zero-order valence-corrected chi connectivity index (χ0v) is 11.0. The zero-order chi connectivity index (χ0) is 12.0. The summed E-state index contributed by atoms with van der Waals surface area (Å²) >= 11 is 5.78. The molecule has 0 radical (unpaired) electrons. The molecule has 16 heavy (non-hydrogen) atoms. The van der Waals surface area contributed by atoms with Gasteiger partial charge in [-0.15, -0.1) is 11.6 Å². The molecule has 1 N–H and O–H groups in total. The molecular weight excluding hydrogens is 222 g/mol. The highest BCUT2D eigenvalue weighted by Crippen LogP contribution is 2.24. The molecule has 0 heterocycles. The van der Waals surface area contributed by atoms with Crippen molar-refractivity contribution in [2.45, 2.75) is 26.3 Å². The van der Waals surface area contributed by atoms with Gasteiger partial charge in [0.25, 0.3) is 0 Å². The average Bonchev–Trinajstić information content (AvgIpc) is 2.29. The molecule has 0 aliphatic heterocycles. The lowest BCUT2D eigenvalue weighted by Gasteiger charge is -2.17. The monoisotopic (exact) mass is 241 g/mol. The van der Waals surface area contributed by atoms with E-state index in [0.29, 0.717) is 18.5 Å². The normalized spacial score (nSPS) is 12.5. The number of alkyl halides is 1. The van der Waals surface area contributed by atoms with Crippen molar-refractivity contribution in [2.75, 3.05) is 19.5 Å². The van der Waals surface area contributed by atoms with Crippen LogP contribution in [0.1, 0.15) is 30.5 Å². The molecule has 0 bridgehead atoms. The number of hydrogen-bond acceptors (Lipinski definition) is 2. The first-order valence-corrected chi connectivity index (χ1v) is 6.23. The summed E-state index contributed by atoms with van der Waals surface area (Å²) in [5.74, 6) is 1.63. The minimum Gasteiger partial charge on any atom is -0.494 e. The van der Waals surface area contributed by atoms with Gasteiger partial charge < -0.3 is 10.1 Å². The summed E-state index contributed by atoms with van der Waals surface area (Å²) in [5, 5.41) is 3.27. The molecule has 0 fully saturated rings. The molecule has 0 saturated heterocycles. The minimum absolute atomic E-state index is 0.326. The molecule has 90 valence electrons. The summed E-state index contributed by atoms with van der Waals surface area (Å²) in [6.07, 6.45) is 0.936. The van der Waals surface area contributed by atoms with Gasteiger partial charge in [-0.2, -0.15) is 0 Å². The highest BCUT2D eigenvalue weighted by atomic mass is 35.5. The van der Waals surface area contributed by atoms with Gasteiger partial charge in [-0.25, -0.2) is 0 Å². The van der Waals surface area contributed by atoms with Crippen molar-refractivity contribution >= 4 is 11.6 Å². The first-order valence-electron chi connectivity index (χ1n) is 5.69. The smallest absolute Gasteiger partial charge is 0.122 e. The fourth-order valence-electron chi connectivity index (χ4n) is 1.79. The van der Waals surface area contributed by atoms with E-state index in [1.165, 1.54) is 11.1 Å². The molecule has 1 aromatic carbocycles. The summed E-state index contributed by atoms with van der Waals surface area (Å²) in [5.41, 5.74) is 2.44. The molecule has 1 rings (SSSR count). The van der Waals surface area contributed by atoms with Gasteiger partial charge in [0, 0.05) is 11.9 Å². The molecule has 1 atom stereocenters. The Morgan fingerprint density at radius 2 is 2.19 bits per heavy atom. The molecule has 0 spiro atoms. The molecule has 2 nitrogen and oxygen atoms in total. The van der Waals surface area contributed by atoms with Gasteiger partial charge in [-0.05, 0) is 44.5 Å². The Morgan fingerprint density at radius 1 is 1.44 bits per heavy atom. The Labute approximate surface area is 103 Å². The predicted molar refractivity (Wildman–Crippen MR) is 69.5 cm³/mol. The average molecular weight is 242 g/mol. The highest BCUT2D eigenvalue weighted by Gasteiger charge is 2.09. The van der Waals surface area contributed by atoms with Crippen molar-refractivity contribution in [1.82, 2.24) is 5.32 Å². The van der Waals surface area contributed by atoms with Crippen LogP contribution >= 0.6 is 11.6 Å². The fraction of sp³-hybridized carbons (Fsp3) is 0.538. The van der Waals surface area contributed by atoms with Gasteiger partial charge in [0.15, 0.2) is 0 Å². The number of benzene rings is 1. The van der Waals surface area contributed by atoms with E-state index in [1.54, 1.807) is 0 Å². The standard InChI is InChI=1S/C13H20ClNO/c1-4-16-13-6-5-11(9-10(13)2)12(15-3)7-8-14/h5-6,9,12,15H,4,7-8H2,1-3H3. The summed E-state index contributed by atoms with van der Waals surface area (Å²) in [7, 11) is 1.96. The molecule has 3 heteroatoms. The second kappa shape index (κ2) is 6.77. The fourth-order valence-corrected chi connectivity index (χ4v) is 2.01. The van der Waals surface area contributed by atoms with Crippen molar-refractivity contribution in [1.29, 1.82) is 0 Å². The van der Waals surface area contributed by atoms with Gasteiger partial charge >= 0.3 is 0 Å². The van der Waals surface area contributed by atoms with Crippen molar-refractivity contribution in [3.8, 4) is 5.75 Å². The lowest BCUT2D eigenvalue weighted by Crippen LogP contribution is -2.16. The van der Waals surface area contributed by atoms with Crippen LogP contribution in [-0.4, -0.2) is 19.5 Å². The van der Waals surface area contributed by atoms with Crippen LogP contribution in [0, 0.1) is 6.92 Å². The van der Waals surface area contributed by atoms with E-state index in [9.17, 15) is 0 Å². The van der Waals surface area contributed by atoms with Crippen LogP contribution in [0.5, 0.6) is 5.75 Å². The van der Waals surface area contributed by atoms with Crippen LogP contribution in [0.4, 0.5) is 0 Å². The number of aryl methyl sites for hydroxylation is 1. The molecule has 0 amide bonds. The van der Waals surface area contributed by atoms with Gasteiger partial charge in [0.2, 0.25) is 0 Å². The molecule has 1 unspecified atom stereocenters. The van der Waals surface area contributed by atoms with E-state index in [0.717, 1.165) is 12.2 Å². The van der Waals surface area contributed by atoms with E-state index in [2.05, 4.69) is 24.4 Å². The first kappa shape index (κ1) is 13.3. The Bertz CT molecular complexity index is 328. The SMILES string of the molecule is CCOc1ccc(C(CCCl)NC)cc1C. The number of rotatable bonds is 6. The molecule has 0 saturated carbocycles. The van der Waals surface area contributed by atoms with Crippen molar-refractivity contribution in [3.63, 3.8) is 0 Å². The third kappa shape index (κ3) is 3.39. The number of nitrogens with one attached hydrogen (secondary N) is 1. The lowest BCUT2D eigenvalue weighted by atomic mass is 10.0. The second-order valence-corrected chi connectivity index (χ2v) is 4.15. The van der Waals surface area contributed by atoms with Gasteiger partial charge in [-0.3, -0.25) is 0 Å². The minimum atomic E-state index is 0.326. The third-order valence-corrected chi connectivity index (χ3v) is 2.87. The maximum Gasteiger partial charge on any atom is 0.122 e. The summed E-state index contributed by atoms with van der Waals surface area (Å²) in [6, 6.07) is 6.63. The third-order valence-electron chi connectivity index (χ3n) is 2.65. The first-order chi connectivity index (χ1) is 7.72. The van der Waals surface area contributed by atoms with E-state index in [-0.39, 0.29) is 0 Å². The van der Waals surface area contributed by atoms with Crippen molar-refractivity contribution < 1.29 is 4.74 Å². The Morgan fingerprint density at radius 3 is 2.69 bits per heavy atom. The molecule has 0 aromatic heterocycles. The summed E-state index contributed by atoms with van der Waals surface area (Å²) in [6.45, 7) is 4.77. The van der Waals surface area contributed by atoms with Crippen LogP contribution < -0.4 is 10.1 Å². The maximum atomic E-state index is 5.78. The Balaban J connectivity index is 2.85. The van der Waals surface area contributed by atoms with E-state index in [1.807, 2.05) is 20.0 Å². The predicted octanol–water partition coefficient (Wildman–Crippen LogP) is 3.28. The Kier molecular flexibility index (Phi) is 5.64. The molecular formula is C13H20ClNO. The Hall–Kier alpha value is -0.730. The topological polar surface area (TPSA) is 21.3 Å². The van der Waals surface area contributed by atoms with Crippen LogP contribution in [0.3, 0.4) is 0 Å². The molecule has 0 aliphatic carbocycles. The number of hydrogen-bond donors (Lipinski definition) is 1. The van der Waals surface area contributed by atoms with Gasteiger partial charge in [0.1, 0.15) is 5.75 Å². The van der Waals surface area contributed by atoms with E-state index in [4.69, 9.17) is 16.3 Å². The van der Waals surface area contributed by atoms with Gasteiger partial charge in [0.05, 0.1) is 6.61 Å². The van der Waals surface area contributed by atoms with E-state index < -0.39 is 0 Å². The number of ether oxygens (including phenoxy) is 1. The van der Waals surface area contributed by atoms with Crippen LogP contribution in [0.2, 0.25) is 0 Å².